The first-order chi connectivity index (χ1) is 17.3. The lowest BCUT2D eigenvalue weighted by Gasteiger charge is -2.07. The van der Waals surface area contributed by atoms with Crippen molar-refractivity contribution in [2.75, 3.05) is 0 Å². The molecule has 0 fully saturated rings. The van der Waals surface area contributed by atoms with Crippen molar-refractivity contribution in [3.05, 3.63) is 18.2 Å². The van der Waals surface area contributed by atoms with Crippen LogP contribution in [0.5, 0.6) is 0 Å². The van der Waals surface area contributed by atoms with Crippen LogP contribution in [0.15, 0.2) is 12.4 Å². The maximum atomic E-state index is 2.61. The van der Waals surface area contributed by atoms with E-state index in [2.05, 4.69) is 42.3 Å². The fourth-order valence-electron chi connectivity index (χ4n) is 5.44. The van der Waals surface area contributed by atoms with Crippen molar-refractivity contribution >= 4 is 0 Å². The minimum absolute atomic E-state index is 1.23. The van der Waals surface area contributed by atoms with E-state index in [1.165, 1.54) is 174 Å². The van der Waals surface area contributed by atoms with Gasteiger partial charge in [0.1, 0.15) is 12.4 Å². The molecule has 0 aliphatic rings. The molecule has 0 unspecified atom stereocenters. The van der Waals surface area contributed by atoms with E-state index in [-0.39, 0.29) is 0 Å². The lowest BCUT2D eigenvalue weighted by atomic mass is 10.1. The van der Waals surface area contributed by atoms with Gasteiger partial charge in [-0.2, -0.15) is 0 Å². The van der Waals surface area contributed by atoms with Crippen LogP contribution in [0.1, 0.15) is 181 Å². The van der Waals surface area contributed by atoms with Crippen LogP contribution in [0.25, 0.3) is 0 Å². The second-order valence-corrected chi connectivity index (χ2v) is 11.3. The molecule has 0 saturated heterocycles. The summed E-state index contributed by atoms with van der Waals surface area (Å²) < 4.78 is 5.22. The highest BCUT2D eigenvalue weighted by atomic mass is 15.1. The fraction of sp³-hybridized carbons (Fsp3) is 0.909. The van der Waals surface area contributed by atoms with Crippen molar-refractivity contribution in [1.29, 1.82) is 0 Å². The number of nitrogens with zero attached hydrogens (tertiary/aromatic N) is 2. The van der Waals surface area contributed by atoms with Gasteiger partial charge in [0.15, 0.2) is 0 Å². The summed E-state index contributed by atoms with van der Waals surface area (Å²) in [5.74, 6) is 1.61. The second-order valence-electron chi connectivity index (χ2n) is 11.3. The van der Waals surface area contributed by atoms with E-state index in [4.69, 9.17) is 0 Å². The molecule has 0 aliphatic heterocycles. The zero-order valence-electron chi connectivity index (χ0n) is 24.6. The summed E-state index contributed by atoms with van der Waals surface area (Å²) in [5.41, 5.74) is 0. The third-order valence-electron chi connectivity index (χ3n) is 7.85. The molecule has 0 radical (unpaired) electrons. The second kappa shape index (κ2) is 24.9. The van der Waals surface area contributed by atoms with Gasteiger partial charge in [-0.1, -0.05) is 143 Å². The molecule has 0 N–H and O–H groups in total. The van der Waals surface area contributed by atoms with Crippen LogP contribution in [-0.4, -0.2) is 4.57 Å². The molecule has 2 heteroatoms. The Kier molecular flexibility index (Phi) is 22.9. The molecule has 1 rings (SSSR count). The van der Waals surface area contributed by atoms with Crippen molar-refractivity contribution in [2.45, 2.75) is 194 Å². The molecule has 1 aromatic heterocycles. The van der Waals surface area contributed by atoms with Crippen LogP contribution >= 0.6 is 0 Å². The van der Waals surface area contributed by atoms with Crippen molar-refractivity contribution in [3.8, 4) is 0 Å². The lowest BCUT2D eigenvalue weighted by Crippen LogP contribution is -2.37. The van der Waals surface area contributed by atoms with Crippen molar-refractivity contribution in [3.63, 3.8) is 0 Å². The first kappa shape index (κ1) is 32.2. The largest absolute Gasteiger partial charge is 0.256 e. The SMILES string of the molecule is CCCCCCCCCCCCC[n+]1ccn(CCCCCCCCC)c1CCCCCCCC. The number of aryl methyl sites for hydroxylation is 2. The van der Waals surface area contributed by atoms with Crippen LogP contribution in [0.3, 0.4) is 0 Å². The summed E-state index contributed by atoms with van der Waals surface area (Å²) in [5, 5.41) is 0. The zero-order chi connectivity index (χ0) is 25.2. The molecule has 0 saturated carbocycles. The van der Waals surface area contributed by atoms with Gasteiger partial charge in [-0.25, -0.2) is 9.13 Å². The van der Waals surface area contributed by atoms with E-state index in [1.807, 2.05) is 0 Å². The Bertz CT molecular complexity index is 547. The van der Waals surface area contributed by atoms with E-state index in [0.29, 0.717) is 0 Å². The number of aromatic nitrogens is 2. The monoisotopic (exact) mass is 490 g/mol. The minimum atomic E-state index is 1.23. The number of hydrogen-bond donors (Lipinski definition) is 0. The van der Waals surface area contributed by atoms with Gasteiger partial charge in [0.05, 0.1) is 13.1 Å². The van der Waals surface area contributed by atoms with E-state index in [1.54, 1.807) is 5.82 Å². The Labute approximate surface area is 221 Å². The highest BCUT2D eigenvalue weighted by Gasteiger charge is 2.16. The topological polar surface area (TPSA) is 8.81 Å². The van der Waals surface area contributed by atoms with E-state index in [9.17, 15) is 0 Å². The number of hydrogen-bond acceptors (Lipinski definition) is 0. The minimum Gasteiger partial charge on any atom is -0.234 e. The normalized spacial score (nSPS) is 11.5. The third kappa shape index (κ3) is 18.2. The average Bonchev–Trinajstić information content (AvgIpc) is 3.25. The summed E-state index contributed by atoms with van der Waals surface area (Å²) in [6, 6.07) is 0. The van der Waals surface area contributed by atoms with Crippen LogP contribution in [0, 0.1) is 0 Å². The molecule has 1 heterocycles. The zero-order valence-corrected chi connectivity index (χ0v) is 24.6. The van der Waals surface area contributed by atoms with Gasteiger partial charge in [0.25, 0.3) is 5.82 Å². The predicted octanol–water partition coefficient (Wildman–Crippen LogP) is 10.7. The Morgan fingerprint density at radius 1 is 0.486 bits per heavy atom. The van der Waals surface area contributed by atoms with E-state index < -0.39 is 0 Å². The molecular weight excluding hydrogens is 424 g/mol. The first-order valence-electron chi connectivity index (χ1n) is 16.4. The molecule has 0 amide bonds. The maximum absolute atomic E-state index is 2.61. The lowest BCUT2D eigenvalue weighted by molar-refractivity contribution is -0.704. The smallest absolute Gasteiger partial charge is 0.234 e. The fourth-order valence-corrected chi connectivity index (χ4v) is 5.44. The molecule has 2 nitrogen and oxygen atoms in total. The maximum Gasteiger partial charge on any atom is 0.256 e. The van der Waals surface area contributed by atoms with Gasteiger partial charge in [0, 0.05) is 6.42 Å². The standard InChI is InChI=1S/C33H65N2/c1-4-7-10-13-16-17-18-19-21-24-27-30-35-32-31-34(29-26-23-20-14-11-8-5-2)33(35)28-25-22-15-12-9-6-3/h31-32H,4-30H2,1-3H3/q+1. The Balaban J connectivity index is 2.32. The van der Waals surface area contributed by atoms with Gasteiger partial charge < -0.3 is 0 Å². The number of unbranched alkanes of at least 4 members (excludes halogenated alkanes) is 21. The predicted molar refractivity (Wildman–Crippen MR) is 156 cm³/mol. The van der Waals surface area contributed by atoms with Crippen molar-refractivity contribution in [2.24, 2.45) is 0 Å². The van der Waals surface area contributed by atoms with Crippen LogP contribution in [0.4, 0.5) is 0 Å². The van der Waals surface area contributed by atoms with Crippen LogP contribution in [0.2, 0.25) is 0 Å². The summed E-state index contributed by atoms with van der Waals surface area (Å²) >= 11 is 0. The van der Waals surface area contributed by atoms with Crippen LogP contribution in [-0.2, 0) is 19.5 Å². The van der Waals surface area contributed by atoms with Gasteiger partial charge in [-0.15, -0.1) is 0 Å². The number of imidazole rings is 1. The summed E-state index contributed by atoms with van der Waals surface area (Å²) in [7, 11) is 0. The Morgan fingerprint density at radius 2 is 0.886 bits per heavy atom. The van der Waals surface area contributed by atoms with Crippen molar-refractivity contribution in [1.82, 2.24) is 4.57 Å². The number of rotatable bonds is 27. The van der Waals surface area contributed by atoms with Gasteiger partial charge in [-0.05, 0) is 32.1 Å². The summed E-state index contributed by atoms with van der Waals surface area (Å²) in [6.07, 6.45) is 40.0. The molecule has 0 bridgehead atoms. The van der Waals surface area contributed by atoms with Crippen molar-refractivity contribution < 1.29 is 4.57 Å². The molecule has 35 heavy (non-hydrogen) atoms. The summed E-state index contributed by atoms with van der Waals surface area (Å²) in [6.45, 7) is 9.38. The molecular formula is C33H65N2+. The van der Waals surface area contributed by atoms with Crippen LogP contribution < -0.4 is 4.57 Å². The third-order valence-corrected chi connectivity index (χ3v) is 7.85. The van der Waals surface area contributed by atoms with Gasteiger partial charge in [-0.3, -0.25) is 0 Å². The highest BCUT2D eigenvalue weighted by Crippen LogP contribution is 2.13. The van der Waals surface area contributed by atoms with E-state index >= 15 is 0 Å². The molecule has 206 valence electrons. The first-order valence-corrected chi connectivity index (χ1v) is 16.4. The molecule has 0 aliphatic carbocycles. The Morgan fingerprint density at radius 3 is 1.37 bits per heavy atom. The average molecular weight is 490 g/mol. The van der Waals surface area contributed by atoms with Gasteiger partial charge >= 0.3 is 0 Å². The molecule has 0 atom stereocenters. The molecule has 0 spiro atoms. The Hall–Kier alpha value is -0.790. The van der Waals surface area contributed by atoms with Gasteiger partial charge in [0.2, 0.25) is 0 Å². The quantitative estimate of drug-likeness (QED) is 0.0858. The molecule has 1 aromatic rings. The molecule has 0 aromatic carbocycles. The van der Waals surface area contributed by atoms with E-state index in [0.717, 1.165) is 0 Å². The summed E-state index contributed by atoms with van der Waals surface area (Å²) in [4.78, 5) is 0. The highest BCUT2D eigenvalue weighted by molar-refractivity contribution is 4.84.